The summed E-state index contributed by atoms with van der Waals surface area (Å²) in [6, 6.07) is 0. The van der Waals surface area contributed by atoms with Gasteiger partial charge in [-0.1, -0.05) is 0 Å². The zero-order valence-electron chi connectivity index (χ0n) is 8.37. The van der Waals surface area contributed by atoms with E-state index in [4.69, 9.17) is 0 Å². The van der Waals surface area contributed by atoms with Crippen molar-refractivity contribution in [2.75, 3.05) is 19.0 Å². The van der Waals surface area contributed by atoms with Crippen LogP contribution in [0.2, 0.25) is 0 Å². The van der Waals surface area contributed by atoms with Gasteiger partial charge in [0.1, 0.15) is 5.69 Å². The molecular formula is C8H12N4O2. The van der Waals surface area contributed by atoms with E-state index in [2.05, 4.69) is 16.7 Å². The van der Waals surface area contributed by atoms with Gasteiger partial charge in [-0.05, 0) is 6.72 Å². The third-order valence-corrected chi connectivity index (χ3v) is 1.87. The Bertz CT molecular complexity index is 469. The molecule has 0 atom stereocenters. The maximum absolute atomic E-state index is 11.6. The van der Waals surface area contributed by atoms with Gasteiger partial charge in [0.15, 0.2) is 5.82 Å². The highest BCUT2D eigenvalue weighted by atomic mass is 16.2. The van der Waals surface area contributed by atoms with Crippen molar-refractivity contribution in [2.24, 2.45) is 12.0 Å². The summed E-state index contributed by atoms with van der Waals surface area (Å²) >= 11 is 0. The lowest BCUT2D eigenvalue weighted by Gasteiger charge is -2.13. The maximum atomic E-state index is 11.6. The van der Waals surface area contributed by atoms with Gasteiger partial charge in [-0.3, -0.25) is 14.3 Å². The first-order valence-electron chi connectivity index (χ1n) is 3.96. The minimum atomic E-state index is -0.497. The largest absolute Gasteiger partial charge is 0.370 e. The Kier molecular flexibility index (Phi) is 2.55. The van der Waals surface area contributed by atoms with Crippen molar-refractivity contribution in [2.45, 2.75) is 0 Å². The van der Waals surface area contributed by atoms with Crippen LogP contribution < -0.4 is 16.1 Å². The molecule has 0 saturated heterocycles. The minimum absolute atomic E-state index is 0.197. The number of rotatable bonds is 2. The molecule has 1 aromatic rings. The zero-order valence-corrected chi connectivity index (χ0v) is 8.37. The standard InChI is InChI=1S/C8H12N4O2/c1-9-6-5(11(2)3)7(13)12(4)8(14)10-6/h1H2,2-4H3,(H,10,14). The summed E-state index contributed by atoms with van der Waals surface area (Å²) in [5.74, 6) is 0.197. The average Bonchev–Trinajstić information content (AvgIpc) is 2.12. The number of aromatic nitrogens is 2. The molecule has 76 valence electrons. The van der Waals surface area contributed by atoms with Gasteiger partial charge in [0.2, 0.25) is 0 Å². The second kappa shape index (κ2) is 3.49. The molecule has 0 unspecified atom stereocenters. The van der Waals surface area contributed by atoms with Crippen LogP contribution in [0.15, 0.2) is 14.6 Å². The van der Waals surface area contributed by atoms with E-state index in [1.54, 1.807) is 19.0 Å². The van der Waals surface area contributed by atoms with Crippen LogP contribution in [0.3, 0.4) is 0 Å². The van der Waals surface area contributed by atoms with Crippen molar-refractivity contribution in [3.8, 4) is 0 Å². The third-order valence-electron chi connectivity index (χ3n) is 1.87. The highest BCUT2D eigenvalue weighted by molar-refractivity contribution is 5.62. The number of H-pyrrole nitrogens is 1. The molecule has 1 aromatic heterocycles. The fourth-order valence-corrected chi connectivity index (χ4v) is 1.11. The molecule has 0 aliphatic carbocycles. The first kappa shape index (κ1) is 10.2. The Morgan fingerprint density at radius 1 is 1.43 bits per heavy atom. The Morgan fingerprint density at radius 2 is 2.00 bits per heavy atom. The van der Waals surface area contributed by atoms with Crippen molar-refractivity contribution in [3.05, 3.63) is 20.8 Å². The molecule has 0 bridgehead atoms. The first-order valence-corrected chi connectivity index (χ1v) is 3.96. The molecule has 6 nitrogen and oxygen atoms in total. The van der Waals surface area contributed by atoms with Gasteiger partial charge in [-0.25, -0.2) is 9.79 Å². The average molecular weight is 196 g/mol. The molecule has 0 spiro atoms. The zero-order chi connectivity index (χ0) is 10.9. The number of nitrogens with zero attached hydrogens (tertiary/aromatic N) is 3. The fourth-order valence-electron chi connectivity index (χ4n) is 1.11. The number of hydrogen-bond donors (Lipinski definition) is 1. The smallest absolute Gasteiger partial charge is 0.329 e. The van der Waals surface area contributed by atoms with Gasteiger partial charge in [0.05, 0.1) is 0 Å². The van der Waals surface area contributed by atoms with Crippen LogP contribution >= 0.6 is 0 Å². The normalized spacial score (nSPS) is 9.93. The molecule has 0 aromatic carbocycles. The summed E-state index contributed by atoms with van der Waals surface area (Å²) in [6.45, 7) is 3.29. The summed E-state index contributed by atoms with van der Waals surface area (Å²) in [6.07, 6.45) is 0. The molecule has 1 rings (SSSR count). The lowest BCUT2D eigenvalue weighted by molar-refractivity contribution is 0.771. The van der Waals surface area contributed by atoms with Crippen LogP contribution in [0, 0.1) is 0 Å². The molecule has 0 aliphatic heterocycles. The lowest BCUT2D eigenvalue weighted by Crippen LogP contribution is -2.35. The van der Waals surface area contributed by atoms with E-state index >= 15 is 0 Å². The van der Waals surface area contributed by atoms with Crippen molar-refractivity contribution in [3.63, 3.8) is 0 Å². The van der Waals surface area contributed by atoms with E-state index in [9.17, 15) is 9.59 Å². The predicted octanol–water partition coefficient (Wildman–Crippen LogP) is -0.528. The van der Waals surface area contributed by atoms with E-state index < -0.39 is 5.69 Å². The summed E-state index contributed by atoms with van der Waals surface area (Å²) in [4.78, 5) is 30.5. The monoisotopic (exact) mass is 196 g/mol. The fraction of sp³-hybridized carbons (Fsp3) is 0.375. The van der Waals surface area contributed by atoms with E-state index in [1.165, 1.54) is 7.05 Å². The van der Waals surface area contributed by atoms with Crippen molar-refractivity contribution < 1.29 is 0 Å². The van der Waals surface area contributed by atoms with Crippen LogP contribution in [-0.4, -0.2) is 30.4 Å². The summed E-state index contributed by atoms with van der Waals surface area (Å²) < 4.78 is 0.990. The molecule has 14 heavy (non-hydrogen) atoms. The van der Waals surface area contributed by atoms with Crippen LogP contribution in [0.4, 0.5) is 11.5 Å². The Labute approximate surface area is 80.5 Å². The second-order valence-electron chi connectivity index (χ2n) is 3.04. The first-order chi connectivity index (χ1) is 6.49. The Hall–Kier alpha value is -1.85. The molecule has 1 heterocycles. The molecule has 6 heteroatoms. The molecule has 0 saturated carbocycles. The van der Waals surface area contributed by atoms with Gasteiger partial charge >= 0.3 is 5.69 Å². The molecule has 0 aliphatic rings. The molecular weight excluding hydrogens is 184 g/mol. The van der Waals surface area contributed by atoms with Gasteiger partial charge in [-0.15, -0.1) is 0 Å². The highest BCUT2D eigenvalue weighted by Gasteiger charge is 2.12. The molecule has 0 fully saturated rings. The molecule has 0 radical (unpaired) electrons. The number of aliphatic imine (C=N–C) groups is 1. The summed E-state index contributed by atoms with van der Waals surface area (Å²) in [5.41, 5.74) is -0.564. The number of anilines is 1. The summed E-state index contributed by atoms with van der Waals surface area (Å²) in [7, 11) is 4.80. The van der Waals surface area contributed by atoms with Crippen molar-refractivity contribution >= 4 is 18.2 Å². The Morgan fingerprint density at radius 3 is 2.43 bits per heavy atom. The van der Waals surface area contributed by atoms with Crippen molar-refractivity contribution in [1.29, 1.82) is 0 Å². The van der Waals surface area contributed by atoms with E-state index in [0.717, 1.165) is 4.57 Å². The predicted molar refractivity (Wildman–Crippen MR) is 55.8 cm³/mol. The number of hydrogen-bond acceptors (Lipinski definition) is 4. The summed E-state index contributed by atoms with van der Waals surface area (Å²) in [5, 5.41) is 0. The van der Waals surface area contributed by atoms with Gasteiger partial charge in [0.25, 0.3) is 5.56 Å². The van der Waals surface area contributed by atoms with Gasteiger partial charge < -0.3 is 4.90 Å². The second-order valence-corrected chi connectivity index (χ2v) is 3.04. The SMILES string of the molecule is C=Nc1[nH]c(=O)n(C)c(=O)c1N(C)C. The number of nitrogens with one attached hydrogen (secondary N) is 1. The van der Waals surface area contributed by atoms with Crippen molar-refractivity contribution in [1.82, 2.24) is 9.55 Å². The van der Waals surface area contributed by atoms with E-state index in [0.29, 0.717) is 5.69 Å². The van der Waals surface area contributed by atoms with Gasteiger partial charge in [-0.2, -0.15) is 0 Å². The van der Waals surface area contributed by atoms with Gasteiger partial charge in [0, 0.05) is 21.1 Å². The molecule has 1 N–H and O–H groups in total. The van der Waals surface area contributed by atoms with Crippen LogP contribution in [0.25, 0.3) is 0 Å². The third kappa shape index (κ3) is 1.46. The highest BCUT2D eigenvalue weighted by Crippen LogP contribution is 2.16. The van der Waals surface area contributed by atoms with E-state index in [-0.39, 0.29) is 11.4 Å². The quantitative estimate of drug-likeness (QED) is 0.646. The minimum Gasteiger partial charge on any atom is -0.370 e. The van der Waals surface area contributed by atoms with Crippen LogP contribution in [0.1, 0.15) is 0 Å². The Balaban J connectivity index is 3.71. The molecule has 0 amide bonds. The van der Waals surface area contributed by atoms with E-state index in [1.807, 2.05) is 0 Å². The number of aromatic amines is 1. The topological polar surface area (TPSA) is 70.5 Å². The van der Waals surface area contributed by atoms with Crippen LogP contribution in [-0.2, 0) is 7.05 Å². The van der Waals surface area contributed by atoms with Crippen LogP contribution in [0.5, 0.6) is 0 Å². The lowest BCUT2D eigenvalue weighted by atomic mass is 10.4. The maximum Gasteiger partial charge on any atom is 0.329 e.